The van der Waals surface area contributed by atoms with Gasteiger partial charge in [-0.2, -0.15) is 0 Å². The lowest BCUT2D eigenvalue weighted by Crippen LogP contribution is -2.17. The van der Waals surface area contributed by atoms with Gasteiger partial charge in [-0.25, -0.2) is 14.3 Å². The second-order valence-electron chi connectivity index (χ2n) is 7.03. The number of pyridine rings is 1. The molecular formula is C21H27N3O2. The largest absolute Gasteiger partial charge is 0.488 e. The van der Waals surface area contributed by atoms with Gasteiger partial charge in [0.05, 0.1) is 11.8 Å². The van der Waals surface area contributed by atoms with Crippen LogP contribution in [0.25, 0.3) is 16.9 Å². The molecule has 0 spiro atoms. The standard InChI is InChI=1S/C21H27N3O2/c1-7-16(8-2)26-17-11-15(6)22-20-18(17)23-21(25)24(20)19-13(4)9-12(3)10-14(19)5/h9-11,16H,7-8H2,1-6H3,(H,23,25). The summed E-state index contributed by atoms with van der Waals surface area (Å²) in [6.07, 6.45) is 1.95. The molecular weight excluding hydrogens is 326 g/mol. The average Bonchev–Trinajstić information content (AvgIpc) is 2.88. The predicted molar refractivity (Wildman–Crippen MR) is 106 cm³/mol. The van der Waals surface area contributed by atoms with E-state index >= 15 is 0 Å². The van der Waals surface area contributed by atoms with Gasteiger partial charge in [-0.3, -0.25) is 0 Å². The number of aromatic nitrogens is 3. The van der Waals surface area contributed by atoms with Gasteiger partial charge >= 0.3 is 5.69 Å². The normalized spacial score (nSPS) is 11.5. The number of nitrogens with one attached hydrogen (secondary N) is 1. The molecule has 26 heavy (non-hydrogen) atoms. The van der Waals surface area contributed by atoms with Crippen molar-refractivity contribution in [3.8, 4) is 11.4 Å². The average molecular weight is 353 g/mol. The number of imidazole rings is 1. The highest BCUT2D eigenvalue weighted by atomic mass is 16.5. The highest BCUT2D eigenvalue weighted by Crippen LogP contribution is 2.28. The maximum atomic E-state index is 12.8. The van der Waals surface area contributed by atoms with E-state index in [0.29, 0.717) is 16.9 Å². The summed E-state index contributed by atoms with van der Waals surface area (Å²) in [6.45, 7) is 12.2. The second kappa shape index (κ2) is 6.98. The van der Waals surface area contributed by atoms with Crippen LogP contribution in [0.3, 0.4) is 0 Å². The van der Waals surface area contributed by atoms with Gasteiger partial charge in [0.15, 0.2) is 5.65 Å². The Balaban J connectivity index is 2.28. The monoisotopic (exact) mass is 353 g/mol. The Morgan fingerprint density at radius 1 is 1.08 bits per heavy atom. The van der Waals surface area contributed by atoms with E-state index in [1.54, 1.807) is 4.57 Å². The van der Waals surface area contributed by atoms with Crippen molar-refractivity contribution < 1.29 is 4.74 Å². The van der Waals surface area contributed by atoms with E-state index in [1.807, 2.05) is 26.8 Å². The van der Waals surface area contributed by atoms with Crippen LogP contribution in [0.2, 0.25) is 0 Å². The Bertz CT molecular complexity index is 987. The van der Waals surface area contributed by atoms with Gasteiger partial charge in [-0.1, -0.05) is 31.5 Å². The molecule has 2 aromatic heterocycles. The summed E-state index contributed by atoms with van der Waals surface area (Å²) in [5, 5.41) is 0. The Hall–Kier alpha value is -2.56. The smallest absolute Gasteiger partial charge is 0.332 e. The van der Waals surface area contributed by atoms with E-state index in [2.05, 4.69) is 42.9 Å². The Kier molecular flexibility index (Phi) is 4.90. The van der Waals surface area contributed by atoms with Gasteiger partial charge in [-0.05, 0) is 51.7 Å². The predicted octanol–water partition coefficient (Wildman–Crippen LogP) is 4.51. The first-order valence-corrected chi connectivity index (χ1v) is 9.22. The number of nitrogens with zero attached hydrogens (tertiary/aromatic N) is 2. The van der Waals surface area contributed by atoms with Crippen LogP contribution in [-0.4, -0.2) is 20.6 Å². The third-order valence-electron chi connectivity index (χ3n) is 4.80. The van der Waals surface area contributed by atoms with Gasteiger partial charge in [0.1, 0.15) is 11.3 Å². The van der Waals surface area contributed by atoms with Gasteiger partial charge in [0.2, 0.25) is 0 Å². The third-order valence-corrected chi connectivity index (χ3v) is 4.80. The van der Waals surface area contributed by atoms with Gasteiger partial charge in [-0.15, -0.1) is 0 Å². The number of aryl methyl sites for hydroxylation is 4. The summed E-state index contributed by atoms with van der Waals surface area (Å²) in [4.78, 5) is 20.4. The second-order valence-corrected chi connectivity index (χ2v) is 7.03. The van der Waals surface area contributed by atoms with Crippen LogP contribution >= 0.6 is 0 Å². The first kappa shape index (κ1) is 18.2. The number of benzene rings is 1. The fourth-order valence-electron chi connectivity index (χ4n) is 3.63. The lowest BCUT2D eigenvalue weighted by atomic mass is 10.1. The molecule has 0 aliphatic carbocycles. The molecule has 2 heterocycles. The minimum Gasteiger partial charge on any atom is -0.488 e. The molecule has 0 amide bonds. The van der Waals surface area contributed by atoms with Crippen LogP contribution in [-0.2, 0) is 0 Å². The number of fused-ring (bicyclic) bond motifs is 1. The van der Waals surface area contributed by atoms with Crippen molar-refractivity contribution in [2.24, 2.45) is 0 Å². The summed E-state index contributed by atoms with van der Waals surface area (Å²) in [5.41, 5.74) is 6.08. The van der Waals surface area contributed by atoms with E-state index in [9.17, 15) is 4.79 Å². The molecule has 5 heteroatoms. The molecule has 0 aliphatic heterocycles. The fraction of sp³-hybridized carbons (Fsp3) is 0.429. The molecule has 3 aromatic rings. The molecule has 1 N–H and O–H groups in total. The quantitative estimate of drug-likeness (QED) is 0.734. The molecule has 0 bridgehead atoms. The molecule has 0 unspecified atom stereocenters. The molecule has 1 aromatic carbocycles. The number of aromatic amines is 1. The minimum atomic E-state index is -0.192. The third kappa shape index (κ3) is 3.14. The van der Waals surface area contributed by atoms with Crippen molar-refractivity contribution in [1.29, 1.82) is 0 Å². The van der Waals surface area contributed by atoms with E-state index in [1.165, 1.54) is 5.56 Å². The molecule has 0 fully saturated rings. The highest BCUT2D eigenvalue weighted by molar-refractivity contribution is 5.80. The van der Waals surface area contributed by atoms with Crippen LogP contribution in [0.15, 0.2) is 23.0 Å². The fourth-order valence-corrected chi connectivity index (χ4v) is 3.63. The summed E-state index contributed by atoms with van der Waals surface area (Å²) in [5.74, 6) is 0.694. The molecule has 0 saturated heterocycles. The zero-order valence-electron chi connectivity index (χ0n) is 16.4. The summed E-state index contributed by atoms with van der Waals surface area (Å²) in [7, 11) is 0. The van der Waals surface area contributed by atoms with Crippen molar-refractivity contribution in [1.82, 2.24) is 14.5 Å². The Labute approximate surface area is 154 Å². The molecule has 0 aliphatic rings. The van der Waals surface area contributed by atoms with Crippen LogP contribution in [0, 0.1) is 27.7 Å². The number of hydrogen-bond acceptors (Lipinski definition) is 3. The summed E-state index contributed by atoms with van der Waals surface area (Å²) < 4.78 is 7.84. The molecule has 3 rings (SSSR count). The molecule has 5 nitrogen and oxygen atoms in total. The van der Waals surface area contributed by atoms with Crippen molar-refractivity contribution in [2.45, 2.75) is 60.5 Å². The molecule has 138 valence electrons. The Morgan fingerprint density at radius 3 is 2.27 bits per heavy atom. The minimum absolute atomic E-state index is 0.120. The van der Waals surface area contributed by atoms with Gasteiger partial charge < -0.3 is 9.72 Å². The summed E-state index contributed by atoms with van der Waals surface area (Å²) in [6, 6.07) is 6.08. The maximum Gasteiger partial charge on any atom is 0.332 e. The number of hydrogen-bond donors (Lipinski definition) is 1. The molecule has 0 radical (unpaired) electrons. The van der Waals surface area contributed by atoms with E-state index in [0.717, 1.165) is 35.3 Å². The number of ether oxygens (including phenoxy) is 1. The SMILES string of the molecule is CCC(CC)Oc1cc(C)nc2c1[nH]c(=O)n2-c1c(C)cc(C)cc1C. The molecule has 0 atom stereocenters. The van der Waals surface area contributed by atoms with Crippen LogP contribution in [0.1, 0.15) is 49.1 Å². The highest BCUT2D eigenvalue weighted by Gasteiger charge is 2.19. The maximum absolute atomic E-state index is 12.8. The van der Waals surface area contributed by atoms with E-state index < -0.39 is 0 Å². The van der Waals surface area contributed by atoms with E-state index in [-0.39, 0.29) is 11.8 Å². The topological polar surface area (TPSA) is 59.9 Å². The lowest BCUT2D eigenvalue weighted by molar-refractivity contribution is 0.195. The number of rotatable bonds is 5. The zero-order valence-corrected chi connectivity index (χ0v) is 16.4. The van der Waals surface area contributed by atoms with Crippen LogP contribution in [0.5, 0.6) is 5.75 Å². The van der Waals surface area contributed by atoms with Crippen LogP contribution < -0.4 is 10.4 Å². The van der Waals surface area contributed by atoms with Crippen LogP contribution in [0.4, 0.5) is 0 Å². The van der Waals surface area contributed by atoms with Crippen molar-refractivity contribution in [2.75, 3.05) is 0 Å². The number of H-pyrrole nitrogens is 1. The van der Waals surface area contributed by atoms with Gasteiger partial charge in [0, 0.05) is 11.8 Å². The Morgan fingerprint density at radius 2 is 1.69 bits per heavy atom. The lowest BCUT2D eigenvalue weighted by Gasteiger charge is -2.17. The zero-order chi connectivity index (χ0) is 19.0. The van der Waals surface area contributed by atoms with E-state index in [4.69, 9.17) is 4.74 Å². The van der Waals surface area contributed by atoms with Crippen molar-refractivity contribution in [3.05, 3.63) is 51.1 Å². The van der Waals surface area contributed by atoms with Crippen molar-refractivity contribution in [3.63, 3.8) is 0 Å². The first-order valence-electron chi connectivity index (χ1n) is 9.22. The first-order chi connectivity index (χ1) is 12.3. The molecule has 0 saturated carbocycles. The van der Waals surface area contributed by atoms with Gasteiger partial charge in [0.25, 0.3) is 0 Å². The van der Waals surface area contributed by atoms with Crippen molar-refractivity contribution >= 4 is 11.2 Å². The summed E-state index contributed by atoms with van der Waals surface area (Å²) >= 11 is 0.